The van der Waals surface area contributed by atoms with Crippen molar-refractivity contribution >= 4 is 41.1 Å². The smallest absolute Gasteiger partial charge is 0.296 e. The molecular weight excluding hydrogens is 269 g/mol. The van der Waals surface area contributed by atoms with Gasteiger partial charge in [0.15, 0.2) is 0 Å². The van der Waals surface area contributed by atoms with E-state index in [0.29, 0.717) is 0 Å². The second-order valence-corrected chi connectivity index (χ2v) is 3.70. The Balaban J connectivity index is 3.26. The Bertz CT molecular complexity index is 511. The number of nitro benzene ring substituents is 1. The van der Waals surface area contributed by atoms with Gasteiger partial charge in [0.1, 0.15) is 5.02 Å². The van der Waals surface area contributed by atoms with Crippen molar-refractivity contribution in [3.05, 3.63) is 37.9 Å². The van der Waals surface area contributed by atoms with E-state index in [2.05, 4.69) is 10.2 Å². The predicted molar refractivity (Wildman–Crippen MR) is 66.5 cm³/mol. The van der Waals surface area contributed by atoms with Gasteiger partial charge in [-0.3, -0.25) is 10.1 Å². The van der Waals surface area contributed by atoms with Crippen molar-refractivity contribution in [3.63, 3.8) is 0 Å². The number of nitrogens with two attached hydrogens (primary N) is 2. The molecule has 0 atom stereocenters. The van der Waals surface area contributed by atoms with Crippen LogP contribution in [0.25, 0.3) is 0 Å². The molecule has 0 fully saturated rings. The van der Waals surface area contributed by atoms with Crippen LogP contribution in [0.4, 0.5) is 5.69 Å². The van der Waals surface area contributed by atoms with Gasteiger partial charge in [0, 0.05) is 5.02 Å². The van der Waals surface area contributed by atoms with Gasteiger partial charge in [-0.05, 0) is 12.1 Å². The molecule has 4 N–H and O–H groups in total. The molecule has 0 radical (unpaired) electrons. The van der Waals surface area contributed by atoms with Crippen molar-refractivity contribution in [1.82, 2.24) is 0 Å². The fourth-order valence-electron chi connectivity index (χ4n) is 1.03. The number of hydrogen-bond donors (Lipinski definition) is 2. The lowest BCUT2D eigenvalue weighted by Crippen LogP contribution is -2.21. The van der Waals surface area contributed by atoms with Gasteiger partial charge in [0.2, 0.25) is 5.96 Å². The molecule has 0 bridgehead atoms. The highest BCUT2D eigenvalue weighted by molar-refractivity contribution is 6.36. The quantitative estimate of drug-likeness (QED) is 0.376. The van der Waals surface area contributed by atoms with Crippen LogP contribution < -0.4 is 11.5 Å². The van der Waals surface area contributed by atoms with Crippen LogP contribution in [0.15, 0.2) is 22.3 Å². The summed E-state index contributed by atoms with van der Waals surface area (Å²) >= 11 is 11.4. The predicted octanol–water partition coefficient (Wildman–Crippen LogP) is 1.51. The van der Waals surface area contributed by atoms with Crippen molar-refractivity contribution in [2.24, 2.45) is 21.7 Å². The van der Waals surface area contributed by atoms with E-state index >= 15 is 0 Å². The molecular formula is C8H7Cl2N5O2. The SMILES string of the molecule is NC(N)=N/N=C/c1cc(Cl)cc(Cl)c1[N+](=O)[O-]. The van der Waals surface area contributed by atoms with Gasteiger partial charge in [-0.1, -0.05) is 23.2 Å². The molecule has 0 saturated heterocycles. The standard InChI is InChI=1S/C8H7Cl2N5O2/c9-5-1-4(3-13-14-8(11)12)7(15(16)17)6(10)2-5/h1-3H,(H4,11,12,14)/b13-3+. The summed E-state index contributed by atoms with van der Waals surface area (Å²) < 4.78 is 0. The van der Waals surface area contributed by atoms with Gasteiger partial charge in [0.25, 0.3) is 5.69 Å². The van der Waals surface area contributed by atoms with Crippen LogP contribution in [-0.2, 0) is 0 Å². The third kappa shape index (κ3) is 3.58. The molecule has 1 aromatic rings. The minimum Gasteiger partial charge on any atom is -0.369 e. The topological polar surface area (TPSA) is 120 Å². The summed E-state index contributed by atoms with van der Waals surface area (Å²) in [5.41, 5.74) is 9.88. The largest absolute Gasteiger partial charge is 0.369 e. The van der Waals surface area contributed by atoms with Crippen LogP contribution >= 0.6 is 23.2 Å². The van der Waals surface area contributed by atoms with Gasteiger partial charge in [-0.15, -0.1) is 5.10 Å². The van der Waals surface area contributed by atoms with Crippen LogP contribution in [0.3, 0.4) is 0 Å². The maximum absolute atomic E-state index is 10.8. The molecule has 0 aliphatic heterocycles. The van der Waals surface area contributed by atoms with Crippen molar-refractivity contribution in [1.29, 1.82) is 0 Å². The Morgan fingerprint density at radius 1 is 1.41 bits per heavy atom. The highest BCUT2D eigenvalue weighted by Gasteiger charge is 2.18. The summed E-state index contributed by atoms with van der Waals surface area (Å²) in [4.78, 5) is 10.1. The molecule has 1 aromatic carbocycles. The van der Waals surface area contributed by atoms with E-state index < -0.39 is 4.92 Å². The highest BCUT2D eigenvalue weighted by Crippen LogP contribution is 2.30. The number of nitrogens with zero attached hydrogens (tertiary/aromatic N) is 3. The van der Waals surface area contributed by atoms with Crippen LogP contribution in [0.2, 0.25) is 10.0 Å². The fraction of sp³-hybridized carbons (Fsp3) is 0. The molecule has 17 heavy (non-hydrogen) atoms. The van der Waals surface area contributed by atoms with E-state index in [1.807, 2.05) is 0 Å². The van der Waals surface area contributed by atoms with E-state index in [1.165, 1.54) is 12.1 Å². The van der Waals surface area contributed by atoms with Gasteiger partial charge < -0.3 is 11.5 Å². The lowest BCUT2D eigenvalue weighted by molar-refractivity contribution is -0.384. The maximum atomic E-state index is 10.8. The van der Waals surface area contributed by atoms with E-state index in [4.69, 9.17) is 34.7 Å². The van der Waals surface area contributed by atoms with Gasteiger partial charge in [-0.25, -0.2) is 0 Å². The number of halogens is 2. The molecule has 90 valence electrons. The van der Waals surface area contributed by atoms with Crippen LogP contribution in [0.1, 0.15) is 5.56 Å². The molecule has 0 unspecified atom stereocenters. The normalized spacial score (nSPS) is 10.5. The van der Waals surface area contributed by atoms with E-state index in [9.17, 15) is 10.1 Å². The van der Waals surface area contributed by atoms with Crippen LogP contribution in [0.5, 0.6) is 0 Å². The van der Waals surface area contributed by atoms with Gasteiger partial charge in [-0.2, -0.15) is 5.10 Å². The third-order valence-electron chi connectivity index (χ3n) is 1.61. The lowest BCUT2D eigenvalue weighted by atomic mass is 10.2. The minimum atomic E-state index is -0.643. The first-order valence-electron chi connectivity index (χ1n) is 4.17. The zero-order valence-corrected chi connectivity index (χ0v) is 9.81. The molecule has 1 rings (SSSR count). The Labute approximate surface area is 106 Å². The Morgan fingerprint density at radius 3 is 2.59 bits per heavy atom. The number of nitro groups is 1. The molecule has 0 aliphatic carbocycles. The summed E-state index contributed by atoms with van der Waals surface area (Å²) in [5.74, 6) is -0.267. The van der Waals surface area contributed by atoms with E-state index in [1.54, 1.807) is 0 Å². The summed E-state index contributed by atoms with van der Waals surface area (Å²) in [6.45, 7) is 0. The molecule has 0 aromatic heterocycles. The summed E-state index contributed by atoms with van der Waals surface area (Å²) in [6, 6.07) is 2.59. The zero-order chi connectivity index (χ0) is 13.0. The Kier molecular flexibility index (Phi) is 4.24. The number of benzene rings is 1. The molecule has 9 heteroatoms. The summed E-state index contributed by atoms with van der Waals surface area (Å²) in [6.07, 6.45) is 1.09. The molecule has 0 saturated carbocycles. The Morgan fingerprint density at radius 2 is 2.06 bits per heavy atom. The average Bonchev–Trinajstić information content (AvgIpc) is 2.14. The van der Waals surface area contributed by atoms with Gasteiger partial charge in [0.05, 0.1) is 16.7 Å². The van der Waals surface area contributed by atoms with Crippen molar-refractivity contribution < 1.29 is 4.92 Å². The summed E-state index contributed by atoms with van der Waals surface area (Å²) in [7, 11) is 0. The van der Waals surface area contributed by atoms with Crippen LogP contribution in [-0.4, -0.2) is 17.1 Å². The number of guanidine groups is 1. The summed E-state index contributed by atoms with van der Waals surface area (Å²) in [5, 5.41) is 17.7. The van der Waals surface area contributed by atoms with E-state index in [0.717, 1.165) is 6.21 Å². The monoisotopic (exact) mass is 275 g/mol. The molecule has 0 amide bonds. The lowest BCUT2D eigenvalue weighted by Gasteiger charge is -2.00. The minimum absolute atomic E-state index is 0.0892. The molecule has 0 aliphatic rings. The molecule has 0 heterocycles. The van der Waals surface area contributed by atoms with Crippen molar-refractivity contribution in [3.8, 4) is 0 Å². The number of rotatable bonds is 3. The van der Waals surface area contributed by atoms with Gasteiger partial charge >= 0.3 is 0 Å². The second-order valence-electron chi connectivity index (χ2n) is 2.85. The van der Waals surface area contributed by atoms with Crippen molar-refractivity contribution in [2.45, 2.75) is 0 Å². The maximum Gasteiger partial charge on any atom is 0.296 e. The van der Waals surface area contributed by atoms with Crippen LogP contribution in [0, 0.1) is 10.1 Å². The first kappa shape index (κ1) is 13.2. The highest BCUT2D eigenvalue weighted by atomic mass is 35.5. The molecule has 7 nitrogen and oxygen atoms in total. The first-order valence-corrected chi connectivity index (χ1v) is 4.93. The zero-order valence-electron chi connectivity index (χ0n) is 8.30. The van der Waals surface area contributed by atoms with E-state index in [-0.39, 0.29) is 27.3 Å². The average molecular weight is 276 g/mol. The first-order chi connectivity index (χ1) is 7.91. The third-order valence-corrected chi connectivity index (χ3v) is 2.12. The van der Waals surface area contributed by atoms with Crippen molar-refractivity contribution in [2.75, 3.05) is 0 Å². The molecule has 0 spiro atoms. The second kappa shape index (κ2) is 5.46. The number of hydrogen-bond acceptors (Lipinski definition) is 4. The fourth-order valence-corrected chi connectivity index (χ4v) is 1.61. The Hall–Kier alpha value is -1.86.